The van der Waals surface area contributed by atoms with Crippen molar-refractivity contribution in [1.82, 2.24) is 5.32 Å². The lowest BCUT2D eigenvalue weighted by atomic mass is 10.1. The second kappa shape index (κ2) is 10.2. The minimum absolute atomic E-state index is 0.0457. The van der Waals surface area contributed by atoms with E-state index in [9.17, 15) is 23.2 Å². The Morgan fingerprint density at radius 3 is 2.21 bits per heavy atom. The van der Waals surface area contributed by atoms with E-state index in [1.807, 2.05) is 25.2 Å². The van der Waals surface area contributed by atoms with Crippen molar-refractivity contribution in [3.05, 3.63) is 59.2 Å². The third kappa shape index (κ3) is 7.21. The van der Waals surface area contributed by atoms with Gasteiger partial charge >= 0.3 is 12.6 Å². The van der Waals surface area contributed by atoms with Crippen LogP contribution in [0.4, 0.5) is 8.78 Å². The van der Waals surface area contributed by atoms with E-state index in [-0.39, 0.29) is 11.3 Å². The van der Waals surface area contributed by atoms with Gasteiger partial charge in [-0.2, -0.15) is 8.78 Å². The third-order valence-corrected chi connectivity index (χ3v) is 3.79. The van der Waals surface area contributed by atoms with Crippen molar-refractivity contribution < 1.29 is 37.4 Å². The smallest absolute Gasteiger partial charge is 0.387 e. The Bertz CT molecular complexity index is 883. The van der Waals surface area contributed by atoms with Gasteiger partial charge in [-0.1, -0.05) is 6.07 Å². The van der Waals surface area contributed by atoms with E-state index >= 15 is 0 Å². The second-order valence-electron chi connectivity index (χ2n) is 5.98. The highest BCUT2D eigenvalue weighted by molar-refractivity contribution is 6.05. The molecule has 0 saturated carbocycles. The standard InChI is InChI=1S/C20H19F2NO6/c1-12-3-6-16(9-13(12)2)27-11-18(25)28-10-17(24)23-19(26)14-4-7-15(8-5-14)29-20(21)22/h3-9,20H,10-11H2,1-2H3,(H,23,24,26). The molecule has 0 heterocycles. The quantitative estimate of drug-likeness (QED) is 0.677. The van der Waals surface area contributed by atoms with E-state index in [0.717, 1.165) is 23.3 Å². The molecule has 0 aromatic heterocycles. The molecular weight excluding hydrogens is 388 g/mol. The van der Waals surface area contributed by atoms with Crippen molar-refractivity contribution in [1.29, 1.82) is 0 Å². The van der Waals surface area contributed by atoms with E-state index in [4.69, 9.17) is 9.47 Å². The van der Waals surface area contributed by atoms with Gasteiger partial charge in [0.1, 0.15) is 11.5 Å². The van der Waals surface area contributed by atoms with Crippen molar-refractivity contribution >= 4 is 17.8 Å². The molecule has 1 N–H and O–H groups in total. The SMILES string of the molecule is Cc1ccc(OCC(=O)OCC(=O)NC(=O)c2ccc(OC(F)F)cc2)cc1C. The summed E-state index contributed by atoms with van der Waals surface area (Å²) in [4.78, 5) is 35.3. The van der Waals surface area contributed by atoms with E-state index in [1.165, 1.54) is 12.1 Å². The van der Waals surface area contributed by atoms with Gasteiger partial charge in [0.25, 0.3) is 11.8 Å². The Labute approximate surface area is 165 Å². The summed E-state index contributed by atoms with van der Waals surface area (Å²) in [5.41, 5.74) is 2.13. The number of nitrogens with one attached hydrogen (secondary N) is 1. The van der Waals surface area contributed by atoms with Gasteiger partial charge in [0.05, 0.1) is 0 Å². The van der Waals surface area contributed by atoms with Gasteiger partial charge < -0.3 is 14.2 Å². The molecule has 0 fully saturated rings. The van der Waals surface area contributed by atoms with Crippen LogP contribution >= 0.6 is 0 Å². The number of halogens is 2. The zero-order valence-electron chi connectivity index (χ0n) is 15.7. The van der Waals surface area contributed by atoms with Crippen molar-refractivity contribution in [3.63, 3.8) is 0 Å². The van der Waals surface area contributed by atoms with Gasteiger partial charge in [-0.3, -0.25) is 14.9 Å². The van der Waals surface area contributed by atoms with Crippen LogP contribution in [-0.2, 0) is 14.3 Å². The maximum Gasteiger partial charge on any atom is 0.387 e. The van der Waals surface area contributed by atoms with Crippen LogP contribution in [0.25, 0.3) is 0 Å². The summed E-state index contributed by atoms with van der Waals surface area (Å²) >= 11 is 0. The third-order valence-electron chi connectivity index (χ3n) is 3.79. The first-order valence-electron chi connectivity index (χ1n) is 8.49. The molecule has 2 amide bonds. The maximum absolute atomic E-state index is 12.1. The van der Waals surface area contributed by atoms with Crippen LogP contribution in [0, 0.1) is 13.8 Å². The van der Waals surface area contributed by atoms with Crippen molar-refractivity contribution in [2.45, 2.75) is 20.5 Å². The summed E-state index contributed by atoms with van der Waals surface area (Å²) < 4.78 is 38.4. The molecule has 0 aliphatic rings. The highest BCUT2D eigenvalue weighted by atomic mass is 19.3. The molecule has 0 radical (unpaired) electrons. The molecule has 0 aliphatic heterocycles. The number of alkyl halides is 2. The molecule has 29 heavy (non-hydrogen) atoms. The highest BCUT2D eigenvalue weighted by Crippen LogP contribution is 2.16. The molecule has 0 saturated heterocycles. The molecule has 0 spiro atoms. The fourth-order valence-electron chi connectivity index (χ4n) is 2.16. The monoisotopic (exact) mass is 407 g/mol. The number of aryl methyl sites for hydroxylation is 2. The molecule has 9 heteroatoms. The Balaban J connectivity index is 1.74. The molecule has 0 atom stereocenters. The average Bonchev–Trinajstić information content (AvgIpc) is 2.67. The van der Waals surface area contributed by atoms with Gasteiger partial charge in [0.15, 0.2) is 13.2 Å². The predicted molar refractivity (Wildman–Crippen MR) is 97.9 cm³/mol. The summed E-state index contributed by atoms with van der Waals surface area (Å²) in [5, 5.41) is 2.01. The van der Waals surface area contributed by atoms with Crippen LogP contribution in [-0.4, -0.2) is 37.6 Å². The summed E-state index contributed by atoms with van der Waals surface area (Å²) in [6.07, 6.45) is 0. The Hall–Kier alpha value is -3.49. The maximum atomic E-state index is 12.1. The van der Waals surface area contributed by atoms with Crippen LogP contribution in [0.5, 0.6) is 11.5 Å². The lowest BCUT2D eigenvalue weighted by Gasteiger charge is -2.09. The zero-order chi connectivity index (χ0) is 21.4. The number of hydrogen-bond donors (Lipinski definition) is 1. The van der Waals surface area contributed by atoms with E-state index in [2.05, 4.69) is 4.74 Å². The van der Waals surface area contributed by atoms with Gasteiger partial charge in [-0.15, -0.1) is 0 Å². The van der Waals surface area contributed by atoms with Gasteiger partial charge in [0.2, 0.25) is 0 Å². The van der Waals surface area contributed by atoms with Crippen LogP contribution in [0.15, 0.2) is 42.5 Å². The predicted octanol–water partition coefficient (Wildman–Crippen LogP) is 2.78. The van der Waals surface area contributed by atoms with Gasteiger partial charge in [0, 0.05) is 5.56 Å². The molecule has 154 valence electrons. The van der Waals surface area contributed by atoms with Crippen LogP contribution in [0.3, 0.4) is 0 Å². The Kier molecular flexibility index (Phi) is 7.64. The zero-order valence-corrected chi connectivity index (χ0v) is 15.7. The molecule has 2 aromatic rings. The summed E-state index contributed by atoms with van der Waals surface area (Å²) in [7, 11) is 0. The minimum Gasteiger partial charge on any atom is -0.482 e. The topological polar surface area (TPSA) is 90.9 Å². The minimum atomic E-state index is -2.98. The lowest BCUT2D eigenvalue weighted by molar-refractivity contribution is -0.150. The van der Waals surface area contributed by atoms with E-state index < -0.39 is 37.6 Å². The van der Waals surface area contributed by atoms with Gasteiger partial charge in [-0.05, 0) is 61.4 Å². The number of rotatable bonds is 8. The first-order chi connectivity index (χ1) is 13.7. The van der Waals surface area contributed by atoms with Crippen molar-refractivity contribution in [3.8, 4) is 11.5 Å². The average molecular weight is 407 g/mol. The van der Waals surface area contributed by atoms with Gasteiger partial charge in [-0.25, -0.2) is 4.79 Å². The molecule has 2 aromatic carbocycles. The number of carbonyl (C=O) groups excluding carboxylic acids is 3. The Morgan fingerprint density at radius 1 is 0.931 bits per heavy atom. The highest BCUT2D eigenvalue weighted by Gasteiger charge is 2.14. The second-order valence-corrected chi connectivity index (χ2v) is 5.98. The molecule has 7 nitrogen and oxygen atoms in total. The largest absolute Gasteiger partial charge is 0.482 e. The van der Waals surface area contributed by atoms with Crippen molar-refractivity contribution in [2.24, 2.45) is 0 Å². The number of hydrogen-bond acceptors (Lipinski definition) is 6. The number of esters is 1. The molecule has 2 rings (SSSR count). The lowest BCUT2D eigenvalue weighted by Crippen LogP contribution is -2.34. The van der Waals surface area contributed by atoms with Crippen LogP contribution in [0.1, 0.15) is 21.5 Å². The fourth-order valence-corrected chi connectivity index (χ4v) is 2.16. The van der Waals surface area contributed by atoms with E-state index in [0.29, 0.717) is 5.75 Å². The molecular formula is C20H19F2NO6. The molecule has 0 unspecified atom stereocenters. The first-order valence-corrected chi connectivity index (χ1v) is 8.49. The fraction of sp³-hybridized carbons (Fsp3) is 0.250. The number of carbonyl (C=O) groups is 3. The number of amides is 2. The van der Waals surface area contributed by atoms with Crippen LogP contribution < -0.4 is 14.8 Å². The number of imide groups is 1. The van der Waals surface area contributed by atoms with Crippen molar-refractivity contribution in [2.75, 3.05) is 13.2 Å². The summed E-state index contributed by atoms with van der Waals surface area (Å²) in [6.45, 7) is -0.201. The summed E-state index contributed by atoms with van der Waals surface area (Å²) in [5.74, 6) is -2.03. The first kappa shape index (κ1) is 21.8. The van der Waals surface area contributed by atoms with Crippen LogP contribution in [0.2, 0.25) is 0 Å². The van der Waals surface area contributed by atoms with E-state index in [1.54, 1.807) is 12.1 Å². The summed E-state index contributed by atoms with van der Waals surface area (Å²) in [6, 6.07) is 10.1. The number of benzene rings is 2. The normalized spacial score (nSPS) is 10.4. The number of ether oxygens (including phenoxy) is 3. The molecule has 0 aliphatic carbocycles. The Morgan fingerprint density at radius 2 is 1.59 bits per heavy atom. The molecule has 0 bridgehead atoms.